The number of carbonyl (C=O) groups excluding carboxylic acids is 1. The largest absolute Gasteiger partial charge is 0.496 e. The van der Waals surface area contributed by atoms with Crippen molar-refractivity contribution in [3.05, 3.63) is 101 Å². The molecule has 1 heterocycles. The Morgan fingerprint density at radius 3 is 2.65 bits per heavy atom. The Hall–Kier alpha value is -3.94. The molecule has 1 N–H and O–H groups in total. The van der Waals surface area contributed by atoms with E-state index >= 15 is 0 Å². The number of carbonyl (C=O) groups is 1. The second kappa shape index (κ2) is 10.8. The Balaban J connectivity index is 1.47. The molecule has 0 saturated carbocycles. The molecule has 0 radical (unpaired) electrons. The summed E-state index contributed by atoms with van der Waals surface area (Å²) in [5.74, 6) is -0.703. The lowest BCUT2D eigenvalue weighted by atomic mass is 10.0. The van der Waals surface area contributed by atoms with E-state index < -0.39 is 17.7 Å². The monoisotopic (exact) mass is 465 g/mol. The fraction of sp³-hybridized carbons (Fsp3) is 0.231. The van der Waals surface area contributed by atoms with Crippen molar-refractivity contribution in [2.24, 2.45) is 5.16 Å². The van der Waals surface area contributed by atoms with Crippen LogP contribution in [-0.4, -0.2) is 36.4 Å². The molecule has 6 nitrogen and oxygen atoms in total. The molecule has 0 aromatic heterocycles. The first-order chi connectivity index (χ1) is 16.5. The lowest BCUT2D eigenvalue weighted by Gasteiger charge is -2.25. The highest BCUT2D eigenvalue weighted by Gasteiger charge is 2.28. The summed E-state index contributed by atoms with van der Waals surface area (Å²) >= 11 is 0. The molecule has 8 heteroatoms. The van der Waals surface area contributed by atoms with Crippen molar-refractivity contribution in [2.45, 2.75) is 25.6 Å². The van der Waals surface area contributed by atoms with E-state index in [1.807, 2.05) is 54.6 Å². The van der Waals surface area contributed by atoms with Gasteiger partial charge in [-0.05, 0) is 23.8 Å². The number of benzene rings is 3. The average Bonchev–Trinajstić information content (AvgIpc) is 3.32. The zero-order chi connectivity index (χ0) is 23.9. The van der Waals surface area contributed by atoms with Crippen LogP contribution in [-0.2, 0) is 17.9 Å². The Kier molecular flexibility index (Phi) is 7.37. The molecular formula is C26H25F2N3O3. The topological polar surface area (TPSA) is 63.2 Å². The van der Waals surface area contributed by atoms with Gasteiger partial charge in [0.1, 0.15) is 17.4 Å². The van der Waals surface area contributed by atoms with Crippen LogP contribution in [0, 0.1) is 11.6 Å². The molecule has 3 aromatic carbocycles. The van der Waals surface area contributed by atoms with Crippen LogP contribution in [0.2, 0.25) is 0 Å². The van der Waals surface area contributed by atoms with Gasteiger partial charge in [0.2, 0.25) is 0 Å². The van der Waals surface area contributed by atoms with E-state index in [-0.39, 0.29) is 24.7 Å². The van der Waals surface area contributed by atoms with Gasteiger partial charge in [-0.15, -0.1) is 0 Å². The Labute approximate surface area is 196 Å². The number of nitrogens with zero attached hydrogens (tertiary/aromatic N) is 2. The summed E-state index contributed by atoms with van der Waals surface area (Å²) in [6.07, 6.45) is 0.0280. The maximum Gasteiger partial charge on any atom is 0.318 e. The summed E-state index contributed by atoms with van der Waals surface area (Å²) in [4.78, 5) is 20.1. The summed E-state index contributed by atoms with van der Waals surface area (Å²) in [5, 5.41) is 7.06. The number of amides is 2. The van der Waals surface area contributed by atoms with Crippen LogP contribution >= 0.6 is 0 Å². The molecule has 0 aliphatic carbocycles. The number of para-hydroxylation sites is 1. The lowest BCUT2D eigenvalue weighted by molar-refractivity contribution is 0.0586. The second-order valence-corrected chi connectivity index (χ2v) is 7.93. The number of nitrogens with one attached hydrogen (secondary N) is 1. The molecule has 0 bridgehead atoms. The minimum Gasteiger partial charge on any atom is -0.496 e. The van der Waals surface area contributed by atoms with Crippen LogP contribution in [0.1, 0.15) is 23.1 Å². The first kappa shape index (κ1) is 23.2. The van der Waals surface area contributed by atoms with Crippen molar-refractivity contribution in [3.63, 3.8) is 0 Å². The van der Waals surface area contributed by atoms with E-state index in [1.165, 1.54) is 17.0 Å². The maximum absolute atomic E-state index is 14.3. The Morgan fingerprint density at radius 1 is 1.12 bits per heavy atom. The third-order valence-corrected chi connectivity index (χ3v) is 5.52. The molecule has 4 rings (SSSR count). The van der Waals surface area contributed by atoms with E-state index in [0.717, 1.165) is 17.2 Å². The number of halogens is 2. The molecule has 1 aliphatic heterocycles. The number of rotatable bonds is 8. The SMILES string of the molecule is COc1ccccc1C1=NO[C@@H](CN(Cc2ccc(F)cc2F)C(=O)NCc2ccccc2)C1. The highest BCUT2D eigenvalue weighted by atomic mass is 19.1. The number of oxime groups is 1. The normalized spacial score (nSPS) is 14.8. The Morgan fingerprint density at radius 2 is 1.88 bits per heavy atom. The highest BCUT2D eigenvalue weighted by molar-refractivity contribution is 6.03. The summed E-state index contributed by atoms with van der Waals surface area (Å²) < 4.78 is 33.1. The molecular weight excluding hydrogens is 440 g/mol. The predicted octanol–water partition coefficient (Wildman–Crippen LogP) is 4.88. The molecule has 3 aromatic rings. The van der Waals surface area contributed by atoms with Gasteiger partial charge in [-0.1, -0.05) is 53.7 Å². The molecule has 0 unspecified atom stereocenters. The number of methoxy groups -OCH3 is 1. The third-order valence-electron chi connectivity index (χ3n) is 5.52. The minimum atomic E-state index is -0.709. The average molecular weight is 466 g/mol. The molecule has 0 saturated heterocycles. The van der Waals surface area contributed by atoms with Crippen molar-refractivity contribution in [1.29, 1.82) is 0 Å². The van der Waals surface area contributed by atoms with E-state index in [1.54, 1.807) is 7.11 Å². The maximum atomic E-state index is 14.3. The summed E-state index contributed by atoms with van der Waals surface area (Å²) in [7, 11) is 1.59. The van der Waals surface area contributed by atoms with E-state index in [2.05, 4.69) is 10.5 Å². The van der Waals surface area contributed by atoms with E-state index in [0.29, 0.717) is 24.4 Å². The van der Waals surface area contributed by atoms with Crippen LogP contribution in [0.25, 0.3) is 0 Å². The number of ether oxygens (including phenoxy) is 1. The quantitative estimate of drug-likeness (QED) is 0.516. The minimum absolute atomic E-state index is 0.0451. The molecule has 34 heavy (non-hydrogen) atoms. The molecule has 2 amide bonds. The van der Waals surface area contributed by atoms with Gasteiger partial charge in [0, 0.05) is 30.2 Å². The zero-order valence-electron chi connectivity index (χ0n) is 18.7. The molecule has 176 valence electrons. The van der Waals surface area contributed by atoms with Crippen molar-refractivity contribution in [2.75, 3.05) is 13.7 Å². The lowest BCUT2D eigenvalue weighted by Crippen LogP contribution is -2.43. The van der Waals surface area contributed by atoms with E-state index in [9.17, 15) is 13.6 Å². The van der Waals surface area contributed by atoms with Gasteiger partial charge in [0.25, 0.3) is 0 Å². The fourth-order valence-corrected chi connectivity index (χ4v) is 3.77. The highest BCUT2D eigenvalue weighted by Crippen LogP contribution is 2.25. The standard InChI is InChI=1S/C26H25F2N3O3/c1-33-25-10-6-5-9-22(25)24-14-21(34-30-24)17-31(16-19-11-12-20(27)13-23(19)28)26(32)29-15-18-7-3-2-4-8-18/h2-13,21H,14-17H2,1H3,(H,29,32)/t21-/m1/s1. The first-order valence-corrected chi connectivity index (χ1v) is 10.9. The van der Waals surface area contributed by atoms with Crippen molar-refractivity contribution < 1.29 is 23.1 Å². The van der Waals surface area contributed by atoms with Gasteiger partial charge in [-0.3, -0.25) is 0 Å². The molecule has 0 fully saturated rings. The zero-order valence-corrected chi connectivity index (χ0v) is 18.7. The van der Waals surface area contributed by atoms with Crippen molar-refractivity contribution in [1.82, 2.24) is 10.2 Å². The molecule has 1 aliphatic rings. The first-order valence-electron chi connectivity index (χ1n) is 10.9. The van der Waals surface area contributed by atoms with Gasteiger partial charge < -0.3 is 19.8 Å². The summed E-state index contributed by atoms with van der Waals surface area (Å²) in [6.45, 7) is 0.437. The van der Waals surface area contributed by atoms with Gasteiger partial charge >= 0.3 is 6.03 Å². The van der Waals surface area contributed by atoms with Crippen molar-refractivity contribution >= 4 is 11.7 Å². The van der Waals surface area contributed by atoms with Gasteiger partial charge in [0.15, 0.2) is 6.10 Å². The van der Waals surface area contributed by atoms with Gasteiger partial charge in [-0.2, -0.15) is 0 Å². The van der Waals surface area contributed by atoms with Crippen LogP contribution < -0.4 is 10.1 Å². The van der Waals surface area contributed by atoms with Crippen LogP contribution in [0.5, 0.6) is 5.75 Å². The smallest absolute Gasteiger partial charge is 0.318 e. The molecule has 0 spiro atoms. The molecule has 1 atom stereocenters. The number of hydrogen-bond acceptors (Lipinski definition) is 4. The summed E-state index contributed by atoms with van der Waals surface area (Å²) in [6, 6.07) is 19.9. The summed E-state index contributed by atoms with van der Waals surface area (Å²) in [5.41, 5.74) is 2.67. The second-order valence-electron chi connectivity index (χ2n) is 7.93. The fourth-order valence-electron chi connectivity index (χ4n) is 3.77. The van der Waals surface area contributed by atoms with Crippen LogP contribution in [0.4, 0.5) is 13.6 Å². The number of hydrogen-bond donors (Lipinski definition) is 1. The predicted molar refractivity (Wildman–Crippen MR) is 124 cm³/mol. The number of urea groups is 1. The van der Waals surface area contributed by atoms with Crippen LogP contribution in [0.15, 0.2) is 78.0 Å². The van der Waals surface area contributed by atoms with Gasteiger partial charge in [0.05, 0.1) is 25.9 Å². The van der Waals surface area contributed by atoms with E-state index in [4.69, 9.17) is 9.57 Å². The van der Waals surface area contributed by atoms with Crippen molar-refractivity contribution in [3.8, 4) is 5.75 Å². The Bertz CT molecular complexity index is 1170. The third kappa shape index (κ3) is 5.70. The van der Waals surface area contributed by atoms with Crippen LogP contribution in [0.3, 0.4) is 0 Å². The van der Waals surface area contributed by atoms with Gasteiger partial charge in [-0.25, -0.2) is 13.6 Å².